The Morgan fingerprint density at radius 2 is 2.20 bits per heavy atom. The molecule has 108 valence electrons. The number of hydrogen-bond acceptors (Lipinski definition) is 1. The Balaban J connectivity index is 1.74. The van der Waals surface area contributed by atoms with Gasteiger partial charge < -0.3 is 4.98 Å². The average Bonchev–Trinajstić information content (AvgIpc) is 3.21. The maximum absolute atomic E-state index is 13.4. The van der Waals surface area contributed by atoms with Gasteiger partial charge in [-0.25, -0.2) is 4.39 Å². The standard InChI is InChI=1S/C17H23FN2/c1-3-12(2)20(15-5-6-15)9-8-13-11-19-17-7-4-14(18)10-16(13)17/h4,7,10-12,15,19H,3,5-6,8-9H2,1-2H3. The molecule has 1 fully saturated rings. The summed E-state index contributed by atoms with van der Waals surface area (Å²) in [6.07, 6.45) is 6.90. The molecule has 0 saturated heterocycles. The maximum atomic E-state index is 13.4. The number of halogens is 1. The molecule has 20 heavy (non-hydrogen) atoms. The van der Waals surface area contributed by atoms with Crippen molar-refractivity contribution in [3.05, 3.63) is 35.8 Å². The van der Waals surface area contributed by atoms with E-state index in [9.17, 15) is 4.39 Å². The van der Waals surface area contributed by atoms with Crippen LogP contribution in [0.25, 0.3) is 10.9 Å². The first-order valence-corrected chi connectivity index (χ1v) is 7.70. The van der Waals surface area contributed by atoms with E-state index in [2.05, 4.69) is 23.7 Å². The Kier molecular flexibility index (Phi) is 3.79. The third-order valence-electron chi connectivity index (χ3n) is 4.54. The van der Waals surface area contributed by atoms with Crippen LogP contribution >= 0.6 is 0 Å². The molecular weight excluding hydrogens is 251 g/mol. The van der Waals surface area contributed by atoms with Crippen LogP contribution in [0.4, 0.5) is 4.39 Å². The Bertz CT molecular complexity index is 586. The summed E-state index contributed by atoms with van der Waals surface area (Å²) in [7, 11) is 0. The average molecular weight is 274 g/mol. The van der Waals surface area contributed by atoms with Crippen LogP contribution in [0.2, 0.25) is 0 Å². The molecule has 1 N–H and O–H groups in total. The Morgan fingerprint density at radius 1 is 1.40 bits per heavy atom. The molecule has 1 aliphatic carbocycles. The van der Waals surface area contributed by atoms with Crippen LogP contribution in [0.5, 0.6) is 0 Å². The van der Waals surface area contributed by atoms with Gasteiger partial charge in [-0.1, -0.05) is 6.92 Å². The van der Waals surface area contributed by atoms with Gasteiger partial charge in [0, 0.05) is 35.7 Å². The summed E-state index contributed by atoms with van der Waals surface area (Å²) >= 11 is 0. The molecule has 1 saturated carbocycles. The second-order valence-electron chi connectivity index (χ2n) is 5.98. The van der Waals surface area contributed by atoms with E-state index >= 15 is 0 Å². The van der Waals surface area contributed by atoms with Crippen molar-refractivity contribution in [2.45, 2.75) is 51.6 Å². The quantitative estimate of drug-likeness (QED) is 0.839. The fourth-order valence-corrected chi connectivity index (χ4v) is 3.01. The fraction of sp³-hybridized carbons (Fsp3) is 0.529. The lowest BCUT2D eigenvalue weighted by Gasteiger charge is -2.28. The van der Waals surface area contributed by atoms with Crippen LogP contribution in [0.3, 0.4) is 0 Å². The van der Waals surface area contributed by atoms with E-state index in [-0.39, 0.29) is 5.82 Å². The molecule has 2 aromatic rings. The van der Waals surface area contributed by atoms with Crippen molar-refractivity contribution in [3.63, 3.8) is 0 Å². The largest absolute Gasteiger partial charge is 0.361 e. The first kappa shape index (κ1) is 13.6. The van der Waals surface area contributed by atoms with Gasteiger partial charge in [0.1, 0.15) is 5.82 Å². The predicted molar refractivity (Wildman–Crippen MR) is 81.4 cm³/mol. The maximum Gasteiger partial charge on any atom is 0.123 e. The van der Waals surface area contributed by atoms with Crippen molar-refractivity contribution in [2.75, 3.05) is 6.54 Å². The van der Waals surface area contributed by atoms with Crippen molar-refractivity contribution in [1.29, 1.82) is 0 Å². The van der Waals surface area contributed by atoms with Crippen LogP contribution in [0.1, 0.15) is 38.7 Å². The highest BCUT2D eigenvalue weighted by Gasteiger charge is 2.31. The van der Waals surface area contributed by atoms with Gasteiger partial charge in [0.15, 0.2) is 0 Å². The molecule has 0 aliphatic heterocycles. The number of nitrogens with one attached hydrogen (secondary N) is 1. The molecule has 0 amide bonds. The van der Waals surface area contributed by atoms with E-state index in [0.717, 1.165) is 29.9 Å². The number of benzene rings is 1. The molecule has 0 bridgehead atoms. The number of aromatic nitrogens is 1. The monoisotopic (exact) mass is 274 g/mol. The molecule has 1 aromatic heterocycles. The number of nitrogens with zero attached hydrogens (tertiary/aromatic N) is 1. The van der Waals surface area contributed by atoms with E-state index < -0.39 is 0 Å². The second kappa shape index (κ2) is 5.57. The highest BCUT2D eigenvalue weighted by molar-refractivity contribution is 5.83. The van der Waals surface area contributed by atoms with Gasteiger partial charge in [0.2, 0.25) is 0 Å². The van der Waals surface area contributed by atoms with Crippen molar-refractivity contribution >= 4 is 10.9 Å². The fourth-order valence-electron chi connectivity index (χ4n) is 3.01. The lowest BCUT2D eigenvalue weighted by molar-refractivity contribution is 0.196. The number of rotatable bonds is 6. The first-order chi connectivity index (χ1) is 9.69. The molecule has 1 heterocycles. The summed E-state index contributed by atoms with van der Waals surface area (Å²) in [5, 5.41) is 1.03. The molecule has 1 atom stereocenters. The van der Waals surface area contributed by atoms with Gasteiger partial charge in [0.25, 0.3) is 0 Å². The van der Waals surface area contributed by atoms with Gasteiger partial charge in [0.05, 0.1) is 0 Å². The molecule has 0 spiro atoms. The number of H-pyrrole nitrogens is 1. The van der Waals surface area contributed by atoms with Crippen molar-refractivity contribution in [1.82, 2.24) is 9.88 Å². The Hall–Kier alpha value is -1.35. The zero-order valence-electron chi connectivity index (χ0n) is 12.3. The van der Waals surface area contributed by atoms with Gasteiger partial charge >= 0.3 is 0 Å². The summed E-state index contributed by atoms with van der Waals surface area (Å²) in [6, 6.07) is 6.40. The lowest BCUT2D eigenvalue weighted by Crippen LogP contribution is -2.36. The minimum atomic E-state index is -0.153. The van der Waals surface area contributed by atoms with Crippen molar-refractivity contribution < 1.29 is 4.39 Å². The van der Waals surface area contributed by atoms with Gasteiger partial charge in [-0.2, -0.15) is 0 Å². The molecule has 0 radical (unpaired) electrons. The zero-order valence-corrected chi connectivity index (χ0v) is 12.3. The summed E-state index contributed by atoms with van der Waals surface area (Å²) in [6.45, 7) is 5.64. The summed E-state index contributed by atoms with van der Waals surface area (Å²) in [5.41, 5.74) is 2.26. The molecular formula is C17H23FN2. The molecule has 3 heteroatoms. The van der Waals surface area contributed by atoms with Crippen molar-refractivity contribution in [3.8, 4) is 0 Å². The van der Waals surface area contributed by atoms with Crippen LogP contribution < -0.4 is 0 Å². The number of fused-ring (bicyclic) bond motifs is 1. The van der Waals surface area contributed by atoms with E-state index in [0.29, 0.717) is 6.04 Å². The van der Waals surface area contributed by atoms with Crippen LogP contribution in [0.15, 0.2) is 24.4 Å². The molecule has 1 unspecified atom stereocenters. The smallest absolute Gasteiger partial charge is 0.123 e. The highest BCUT2D eigenvalue weighted by atomic mass is 19.1. The normalized spacial score (nSPS) is 17.0. The number of aromatic amines is 1. The Morgan fingerprint density at radius 3 is 2.90 bits per heavy atom. The lowest BCUT2D eigenvalue weighted by atomic mass is 10.1. The van der Waals surface area contributed by atoms with E-state index in [1.807, 2.05) is 12.3 Å². The van der Waals surface area contributed by atoms with E-state index in [1.165, 1.54) is 30.9 Å². The van der Waals surface area contributed by atoms with Gasteiger partial charge in [-0.3, -0.25) is 4.90 Å². The van der Waals surface area contributed by atoms with Crippen molar-refractivity contribution in [2.24, 2.45) is 0 Å². The summed E-state index contributed by atoms with van der Waals surface area (Å²) in [4.78, 5) is 5.87. The van der Waals surface area contributed by atoms with Gasteiger partial charge in [-0.15, -0.1) is 0 Å². The third kappa shape index (κ3) is 2.73. The van der Waals surface area contributed by atoms with E-state index in [4.69, 9.17) is 0 Å². The molecule has 2 nitrogen and oxygen atoms in total. The first-order valence-electron chi connectivity index (χ1n) is 7.70. The minimum absolute atomic E-state index is 0.153. The predicted octanol–water partition coefficient (Wildman–Crippen LogP) is 4.11. The topological polar surface area (TPSA) is 19.0 Å². The number of hydrogen-bond donors (Lipinski definition) is 1. The van der Waals surface area contributed by atoms with Crippen LogP contribution in [-0.4, -0.2) is 28.5 Å². The molecule has 1 aromatic carbocycles. The SMILES string of the molecule is CCC(C)N(CCc1c[nH]c2ccc(F)cc12)C1CC1. The van der Waals surface area contributed by atoms with Gasteiger partial charge in [-0.05, 0) is 56.4 Å². The van der Waals surface area contributed by atoms with Crippen LogP contribution in [0, 0.1) is 5.82 Å². The molecule has 3 rings (SSSR count). The van der Waals surface area contributed by atoms with E-state index in [1.54, 1.807) is 6.07 Å². The minimum Gasteiger partial charge on any atom is -0.361 e. The highest BCUT2D eigenvalue weighted by Crippen LogP contribution is 2.30. The summed E-state index contributed by atoms with van der Waals surface area (Å²) in [5.74, 6) is -0.153. The molecule has 1 aliphatic rings. The zero-order chi connectivity index (χ0) is 14.1. The third-order valence-corrected chi connectivity index (χ3v) is 4.54. The second-order valence-corrected chi connectivity index (χ2v) is 5.98. The van der Waals surface area contributed by atoms with Crippen LogP contribution in [-0.2, 0) is 6.42 Å². The summed E-state index contributed by atoms with van der Waals surface area (Å²) < 4.78 is 13.4. The Labute approximate surface area is 120 Å².